The summed E-state index contributed by atoms with van der Waals surface area (Å²) in [6, 6.07) is 22.7. The molecule has 0 amide bonds. The Morgan fingerprint density at radius 1 is 0.852 bits per heavy atom. The first kappa shape index (κ1) is 18.5. The Labute approximate surface area is 160 Å². The van der Waals surface area contributed by atoms with Crippen molar-refractivity contribution >= 4 is 21.7 Å². The molecule has 0 saturated heterocycles. The summed E-state index contributed by atoms with van der Waals surface area (Å²) in [5.41, 5.74) is 2.22. The first-order chi connectivity index (χ1) is 13.3. The lowest BCUT2D eigenvalue weighted by atomic mass is 10.0. The van der Waals surface area contributed by atoms with Gasteiger partial charge in [0.2, 0.25) is 0 Å². The van der Waals surface area contributed by atoms with E-state index >= 15 is 0 Å². The topological polar surface area (TPSA) is 25.8 Å². The summed E-state index contributed by atoms with van der Waals surface area (Å²) in [5.74, 6) is 0.416. The normalized spacial score (nSPS) is 11.9. The molecular weight excluding hydrogens is 328 g/mol. The summed E-state index contributed by atoms with van der Waals surface area (Å²) in [7, 11) is 0. The minimum absolute atomic E-state index is 0.416. The van der Waals surface area contributed by atoms with Gasteiger partial charge in [0, 0.05) is 34.8 Å². The van der Waals surface area contributed by atoms with E-state index in [1.807, 2.05) is 36.7 Å². The van der Waals surface area contributed by atoms with Crippen LogP contribution in [0.1, 0.15) is 25.0 Å². The van der Waals surface area contributed by atoms with Gasteiger partial charge in [0.1, 0.15) is 0 Å². The standard InChI is InChI=1S/C13H9N.C12H15N/c1-2-6-12-10(4-1)7-8-11-5-3-9-14-13(11)12;1-3-5-8-11(4-2)12-9-6-7-10-13-12/h1-9H;3,5-11H,1,4H2,2H3/b;8-5-. The maximum Gasteiger partial charge on any atom is 0.0780 e. The van der Waals surface area contributed by atoms with E-state index in [4.69, 9.17) is 0 Å². The van der Waals surface area contributed by atoms with Crippen LogP contribution in [0.15, 0.2) is 104 Å². The van der Waals surface area contributed by atoms with Gasteiger partial charge in [0.25, 0.3) is 0 Å². The molecule has 2 heteroatoms. The molecule has 0 fully saturated rings. The zero-order valence-corrected chi connectivity index (χ0v) is 15.6. The van der Waals surface area contributed by atoms with Crippen LogP contribution >= 0.6 is 0 Å². The quantitative estimate of drug-likeness (QED) is 0.301. The molecule has 2 aromatic heterocycles. The third-order valence-corrected chi connectivity index (χ3v) is 4.48. The number of pyridine rings is 2. The van der Waals surface area contributed by atoms with Crippen LogP contribution in [0.2, 0.25) is 0 Å². The number of aromatic nitrogens is 2. The Morgan fingerprint density at radius 2 is 1.59 bits per heavy atom. The zero-order chi connectivity index (χ0) is 18.9. The fourth-order valence-electron chi connectivity index (χ4n) is 3.07. The first-order valence-electron chi connectivity index (χ1n) is 9.26. The predicted molar refractivity (Wildman–Crippen MR) is 116 cm³/mol. The highest BCUT2D eigenvalue weighted by atomic mass is 14.7. The predicted octanol–water partition coefficient (Wildman–Crippen LogP) is 6.71. The van der Waals surface area contributed by atoms with Crippen LogP contribution in [0.4, 0.5) is 0 Å². The number of nitrogens with zero attached hydrogens (tertiary/aromatic N) is 2. The summed E-state index contributed by atoms with van der Waals surface area (Å²) in [4.78, 5) is 8.73. The molecule has 134 valence electrons. The second-order valence-electron chi connectivity index (χ2n) is 6.25. The van der Waals surface area contributed by atoms with Crippen LogP contribution in [-0.2, 0) is 0 Å². The van der Waals surface area contributed by atoms with Crippen LogP contribution in [0, 0.1) is 0 Å². The first-order valence-corrected chi connectivity index (χ1v) is 9.26. The van der Waals surface area contributed by atoms with E-state index in [2.05, 4.69) is 78.1 Å². The van der Waals surface area contributed by atoms with Crippen LogP contribution in [0.3, 0.4) is 0 Å². The fourth-order valence-corrected chi connectivity index (χ4v) is 3.07. The van der Waals surface area contributed by atoms with Crippen molar-refractivity contribution in [1.82, 2.24) is 9.97 Å². The van der Waals surface area contributed by atoms with Crippen molar-refractivity contribution in [1.29, 1.82) is 0 Å². The van der Waals surface area contributed by atoms with E-state index in [1.165, 1.54) is 16.2 Å². The van der Waals surface area contributed by atoms with Crippen molar-refractivity contribution in [2.75, 3.05) is 0 Å². The number of benzene rings is 2. The van der Waals surface area contributed by atoms with Crippen molar-refractivity contribution in [3.63, 3.8) is 0 Å². The zero-order valence-electron chi connectivity index (χ0n) is 15.6. The van der Waals surface area contributed by atoms with E-state index in [-0.39, 0.29) is 0 Å². The van der Waals surface area contributed by atoms with Gasteiger partial charge in [0.05, 0.1) is 5.52 Å². The summed E-state index contributed by atoms with van der Waals surface area (Å²) >= 11 is 0. The monoisotopic (exact) mass is 352 g/mol. The summed E-state index contributed by atoms with van der Waals surface area (Å²) < 4.78 is 0. The summed E-state index contributed by atoms with van der Waals surface area (Å²) in [6.45, 7) is 5.81. The fraction of sp³-hybridized carbons (Fsp3) is 0.120. The lowest BCUT2D eigenvalue weighted by molar-refractivity contribution is 0.775. The van der Waals surface area contributed by atoms with Gasteiger partial charge in [-0.15, -0.1) is 0 Å². The molecule has 1 unspecified atom stereocenters. The second kappa shape index (κ2) is 9.44. The van der Waals surface area contributed by atoms with Crippen molar-refractivity contribution in [3.05, 3.63) is 110 Å². The van der Waals surface area contributed by atoms with Crippen molar-refractivity contribution in [2.24, 2.45) is 0 Å². The van der Waals surface area contributed by atoms with Gasteiger partial charge in [-0.05, 0) is 30.0 Å². The van der Waals surface area contributed by atoms with E-state index < -0.39 is 0 Å². The molecule has 4 rings (SSSR count). The lowest BCUT2D eigenvalue weighted by Gasteiger charge is -2.07. The molecule has 0 saturated carbocycles. The highest BCUT2D eigenvalue weighted by Crippen LogP contribution is 2.22. The Hall–Kier alpha value is -3.26. The minimum Gasteiger partial charge on any atom is -0.261 e. The van der Waals surface area contributed by atoms with Gasteiger partial charge in [0.15, 0.2) is 0 Å². The van der Waals surface area contributed by atoms with Crippen molar-refractivity contribution in [3.8, 4) is 0 Å². The second-order valence-corrected chi connectivity index (χ2v) is 6.25. The molecule has 0 bridgehead atoms. The van der Waals surface area contributed by atoms with Crippen molar-refractivity contribution in [2.45, 2.75) is 19.3 Å². The Morgan fingerprint density at radius 3 is 2.37 bits per heavy atom. The Balaban J connectivity index is 0.000000157. The molecular formula is C25H24N2. The number of hydrogen-bond donors (Lipinski definition) is 0. The SMILES string of the molecule is C=C/C=C\C(CC)c1ccccn1.c1ccc2c(c1)ccc1cccnc12. The number of hydrogen-bond acceptors (Lipinski definition) is 2. The molecule has 1 atom stereocenters. The average molecular weight is 352 g/mol. The van der Waals surface area contributed by atoms with Gasteiger partial charge in [-0.2, -0.15) is 0 Å². The van der Waals surface area contributed by atoms with Gasteiger partial charge in [-0.1, -0.05) is 80.3 Å². The van der Waals surface area contributed by atoms with Gasteiger partial charge in [-0.25, -0.2) is 0 Å². The molecule has 2 nitrogen and oxygen atoms in total. The van der Waals surface area contributed by atoms with Gasteiger partial charge in [-0.3, -0.25) is 9.97 Å². The molecule has 4 aromatic rings. The largest absolute Gasteiger partial charge is 0.261 e. The van der Waals surface area contributed by atoms with Gasteiger partial charge < -0.3 is 0 Å². The average Bonchev–Trinajstić information content (AvgIpc) is 2.75. The van der Waals surface area contributed by atoms with Gasteiger partial charge >= 0.3 is 0 Å². The molecule has 0 radical (unpaired) electrons. The molecule has 0 N–H and O–H groups in total. The van der Waals surface area contributed by atoms with Crippen LogP contribution in [-0.4, -0.2) is 9.97 Å². The van der Waals surface area contributed by atoms with Crippen LogP contribution in [0.25, 0.3) is 21.7 Å². The van der Waals surface area contributed by atoms with E-state index in [0.29, 0.717) is 5.92 Å². The van der Waals surface area contributed by atoms with E-state index in [1.54, 1.807) is 6.08 Å². The van der Waals surface area contributed by atoms with Crippen molar-refractivity contribution < 1.29 is 0 Å². The maximum absolute atomic E-state index is 4.41. The minimum atomic E-state index is 0.416. The lowest BCUT2D eigenvalue weighted by Crippen LogP contribution is -1.95. The van der Waals surface area contributed by atoms with E-state index in [0.717, 1.165) is 17.6 Å². The summed E-state index contributed by atoms with van der Waals surface area (Å²) in [5, 5.41) is 3.68. The molecule has 0 aliphatic heterocycles. The highest BCUT2D eigenvalue weighted by molar-refractivity contribution is 6.04. The molecule has 27 heavy (non-hydrogen) atoms. The smallest absolute Gasteiger partial charge is 0.0780 e. The third-order valence-electron chi connectivity index (χ3n) is 4.48. The molecule has 2 heterocycles. The Bertz CT molecular complexity index is 981. The number of fused-ring (bicyclic) bond motifs is 3. The van der Waals surface area contributed by atoms with Crippen LogP contribution < -0.4 is 0 Å². The van der Waals surface area contributed by atoms with Crippen LogP contribution in [0.5, 0.6) is 0 Å². The molecule has 0 aliphatic carbocycles. The number of rotatable bonds is 4. The summed E-state index contributed by atoms with van der Waals surface area (Å²) in [6.07, 6.45) is 10.7. The third kappa shape index (κ3) is 4.68. The number of allylic oxidation sites excluding steroid dienone is 3. The molecule has 0 aliphatic rings. The molecule has 2 aromatic carbocycles. The Kier molecular flexibility index (Phi) is 6.48. The maximum atomic E-state index is 4.41. The van der Waals surface area contributed by atoms with E-state index in [9.17, 15) is 0 Å². The highest BCUT2D eigenvalue weighted by Gasteiger charge is 2.04. The molecule has 0 spiro atoms.